The fourth-order valence-electron chi connectivity index (χ4n) is 2.77. The Balaban J connectivity index is 2.53. The van der Waals surface area contributed by atoms with Gasteiger partial charge in [-0.1, -0.05) is 0 Å². The normalized spacial score (nSPS) is 24.8. The summed E-state index contributed by atoms with van der Waals surface area (Å²) in [5, 5.41) is 0. The molecule has 0 nitrogen and oxygen atoms in total. The first-order valence-corrected chi connectivity index (χ1v) is 18.2. The van der Waals surface area contributed by atoms with Crippen LogP contribution in [0.25, 0.3) is 0 Å². The summed E-state index contributed by atoms with van der Waals surface area (Å²) in [5.41, 5.74) is 0. The molecule has 0 aromatic heterocycles. The van der Waals surface area contributed by atoms with Crippen molar-refractivity contribution in [3.8, 4) is 0 Å². The van der Waals surface area contributed by atoms with Gasteiger partial charge in [0.05, 0.1) is 0 Å². The van der Waals surface area contributed by atoms with E-state index in [-0.39, 0.29) is 0 Å². The Bertz CT molecular complexity index is 384. The molecule has 0 atom stereocenters. The second kappa shape index (κ2) is 2.74. The molecule has 0 unspecified atom stereocenters. The van der Waals surface area contributed by atoms with Crippen LogP contribution < -0.4 is 0 Å². The van der Waals surface area contributed by atoms with E-state index in [1.165, 1.54) is 12.8 Å². The van der Waals surface area contributed by atoms with Crippen LogP contribution >= 0.6 is 0 Å². The van der Waals surface area contributed by atoms with Gasteiger partial charge in [-0.2, -0.15) is 0 Å². The topological polar surface area (TPSA) is 0 Å². The molecule has 0 aliphatic heterocycles. The van der Waals surface area contributed by atoms with Crippen LogP contribution in [0, 0.1) is 0 Å². The molecule has 2 rings (SSSR count). The molecule has 0 amide bonds. The summed E-state index contributed by atoms with van der Waals surface area (Å²) in [4.78, 5) is 0. The number of hydrogen-bond donors (Lipinski definition) is 0. The van der Waals surface area contributed by atoms with Crippen molar-refractivity contribution in [2.75, 3.05) is 0 Å². The predicted molar refractivity (Wildman–Crippen MR) is 67.1 cm³/mol. The van der Waals surface area contributed by atoms with Gasteiger partial charge in [-0.05, 0) is 0 Å². The van der Waals surface area contributed by atoms with E-state index in [4.69, 9.17) is 0 Å². The van der Waals surface area contributed by atoms with E-state index in [1.807, 2.05) is 0 Å². The summed E-state index contributed by atoms with van der Waals surface area (Å²) in [6.07, 6.45) is 16.1. The van der Waals surface area contributed by atoms with Gasteiger partial charge in [0.15, 0.2) is 0 Å². The van der Waals surface area contributed by atoms with E-state index in [1.54, 1.807) is 6.56 Å². The number of hydrogen-bond acceptors (Lipinski definition) is 0. The second-order valence-corrected chi connectivity index (χ2v) is 36.1. The number of allylic oxidation sites excluding steroid dienone is 8. The molecule has 0 spiro atoms. The zero-order valence-corrected chi connectivity index (χ0v) is 12.8. The van der Waals surface area contributed by atoms with Crippen LogP contribution in [0.3, 0.4) is 0 Å². The average Bonchev–Trinajstić information content (AvgIpc) is 2.77. The van der Waals surface area contributed by atoms with Gasteiger partial charge < -0.3 is 0 Å². The number of rotatable bonds is 2. The Labute approximate surface area is 91.3 Å². The summed E-state index contributed by atoms with van der Waals surface area (Å²) in [6.45, 7) is 0. The third kappa shape index (κ3) is 1.70. The molecule has 1 heteroatoms. The minimum atomic E-state index is -3.24. The van der Waals surface area contributed by atoms with Crippen LogP contribution in [-0.4, -0.2) is 0 Å². The first-order valence-electron chi connectivity index (χ1n) is 5.93. The zero-order chi connectivity index (χ0) is 11.2. The van der Waals surface area contributed by atoms with Gasteiger partial charge in [-0.25, -0.2) is 0 Å². The molecule has 0 aromatic carbocycles. The molecule has 82 valence electrons. The quantitative estimate of drug-likeness (QED) is 0.661. The summed E-state index contributed by atoms with van der Waals surface area (Å²) < 4.78 is 13.7. The summed E-state index contributed by atoms with van der Waals surface area (Å²) in [7, 11) is 0. The average molecular weight is 282 g/mol. The van der Waals surface area contributed by atoms with E-state index >= 15 is 0 Å². The maximum atomic E-state index is 2.57. The Morgan fingerprint density at radius 1 is 0.800 bits per heavy atom. The molecule has 0 aromatic rings. The van der Waals surface area contributed by atoms with Crippen molar-refractivity contribution >= 4 is 0 Å². The first kappa shape index (κ1) is 11.3. The van der Waals surface area contributed by atoms with Crippen molar-refractivity contribution < 1.29 is 17.3 Å². The summed E-state index contributed by atoms with van der Waals surface area (Å²) >= 11 is -3.24. The Kier molecular flexibility index (Phi) is 2.07. The first-order chi connectivity index (χ1) is 6.74. The molecular weight excluding hydrogens is 259 g/mol. The van der Waals surface area contributed by atoms with Crippen LogP contribution in [0.1, 0.15) is 12.8 Å². The molecule has 0 heterocycles. The van der Waals surface area contributed by atoms with Gasteiger partial charge in [0.2, 0.25) is 0 Å². The summed E-state index contributed by atoms with van der Waals surface area (Å²) in [5.74, 6) is 0. The standard InChI is InChI=1S/2C5H5.4CH3.Zr/c2*1-2-4-5-3-1;;;;;/h2*1-3H,4H2;4*1H3;. The maximum absolute atomic E-state index is 3.24. The van der Waals surface area contributed by atoms with Crippen LogP contribution in [0.2, 0.25) is 18.5 Å². The fourth-order valence-corrected chi connectivity index (χ4v) is 13.0. The molecule has 0 saturated heterocycles. The third-order valence-electron chi connectivity index (χ3n) is 4.43. The van der Waals surface area contributed by atoms with Gasteiger partial charge in [0.1, 0.15) is 0 Å². The van der Waals surface area contributed by atoms with E-state index < -0.39 is 17.3 Å². The van der Waals surface area contributed by atoms with Gasteiger partial charge in [-0.3, -0.25) is 0 Å². The van der Waals surface area contributed by atoms with E-state index in [9.17, 15) is 0 Å². The van der Waals surface area contributed by atoms with Gasteiger partial charge >= 0.3 is 91.7 Å². The molecular formula is C14H22Zr. The van der Waals surface area contributed by atoms with Gasteiger partial charge in [0.25, 0.3) is 0 Å². The van der Waals surface area contributed by atoms with E-state index in [2.05, 4.69) is 55.0 Å². The van der Waals surface area contributed by atoms with Crippen molar-refractivity contribution in [1.82, 2.24) is 0 Å². The summed E-state index contributed by atoms with van der Waals surface area (Å²) in [6, 6.07) is 0. The molecule has 2 aliphatic carbocycles. The molecule has 0 saturated carbocycles. The predicted octanol–water partition coefficient (Wildman–Crippen LogP) is 5.09. The SMILES string of the molecule is [CH3][Zr]([CH3])([CH3])([CH3])([C]1=CC=CC1)[C]1=CC=CC1. The molecule has 15 heavy (non-hydrogen) atoms. The molecule has 2 aliphatic rings. The van der Waals surface area contributed by atoms with Crippen molar-refractivity contribution in [2.45, 2.75) is 31.4 Å². The van der Waals surface area contributed by atoms with Crippen molar-refractivity contribution in [1.29, 1.82) is 0 Å². The Morgan fingerprint density at radius 3 is 1.47 bits per heavy atom. The van der Waals surface area contributed by atoms with Gasteiger partial charge in [-0.15, -0.1) is 0 Å². The molecule has 0 N–H and O–H groups in total. The molecule has 0 fully saturated rings. The Hall–Kier alpha value is -0.157. The van der Waals surface area contributed by atoms with Gasteiger partial charge in [0, 0.05) is 0 Å². The second-order valence-electron chi connectivity index (χ2n) is 7.77. The van der Waals surface area contributed by atoms with Crippen LogP contribution in [0.15, 0.2) is 43.0 Å². The molecule has 0 bridgehead atoms. The third-order valence-corrected chi connectivity index (χ3v) is 20.5. The van der Waals surface area contributed by atoms with E-state index in [0.717, 1.165) is 0 Å². The van der Waals surface area contributed by atoms with Crippen LogP contribution in [0.5, 0.6) is 0 Å². The Morgan fingerprint density at radius 2 is 1.20 bits per heavy atom. The van der Waals surface area contributed by atoms with Crippen molar-refractivity contribution in [3.63, 3.8) is 0 Å². The van der Waals surface area contributed by atoms with Crippen LogP contribution in [0.4, 0.5) is 0 Å². The van der Waals surface area contributed by atoms with Crippen molar-refractivity contribution in [2.24, 2.45) is 0 Å². The monoisotopic (exact) mass is 280 g/mol. The van der Waals surface area contributed by atoms with Crippen LogP contribution in [-0.2, 0) is 17.3 Å². The fraction of sp³-hybridized carbons (Fsp3) is 0.429. The van der Waals surface area contributed by atoms with E-state index in [0.29, 0.717) is 0 Å². The zero-order valence-electron chi connectivity index (χ0n) is 10.4. The molecule has 0 radical (unpaired) electrons. The minimum absolute atomic E-state index is 1.18. The van der Waals surface area contributed by atoms with Crippen molar-refractivity contribution in [3.05, 3.63) is 43.0 Å².